The van der Waals surface area contributed by atoms with Gasteiger partial charge >= 0.3 is 0 Å². The van der Waals surface area contributed by atoms with Crippen molar-refractivity contribution >= 4 is 0 Å². The van der Waals surface area contributed by atoms with E-state index in [4.69, 9.17) is 0 Å². The molecule has 4 rings (SSSR count). The van der Waals surface area contributed by atoms with Gasteiger partial charge in [0.15, 0.2) is 0 Å². The molecule has 4 aliphatic carbocycles. The Morgan fingerprint density at radius 1 is 0.800 bits per heavy atom. The summed E-state index contributed by atoms with van der Waals surface area (Å²) in [6, 6.07) is 0. The minimum atomic E-state index is 0.705. The third-order valence-corrected chi connectivity index (χ3v) is 7.48. The Morgan fingerprint density at radius 3 is 1.90 bits per heavy atom. The number of fused-ring (bicyclic) bond motifs is 9. The SMILES string of the molecule is CC.CC.CC(C)C1(C)CC2CC1C1C3CCC(C3)C21. The Bertz CT molecular complexity index is 318. The Hall–Kier alpha value is 0. The van der Waals surface area contributed by atoms with E-state index in [-0.39, 0.29) is 0 Å². The van der Waals surface area contributed by atoms with Crippen molar-refractivity contribution < 1.29 is 0 Å². The molecule has 0 nitrogen and oxygen atoms in total. The van der Waals surface area contributed by atoms with E-state index in [0.717, 1.165) is 23.7 Å². The van der Waals surface area contributed by atoms with Crippen LogP contribution in [-0.2, 0) is 0 Å². The first-order chi connectivity index (χ1) is 9.61. The quantitative estimate of drug-likeness (QED) is 0.487. The molecule has 4 saturated carbocycles. The third-order valence-electron chi connectivity index (χ3n) is 7.48. The van der Waals surface area contributed by atoms with Gasteiger partial charge in [-0.05, 0) is 78.9 Å². The van der Waals surface area contributed by atoms with Crippen LogP contribution in [0.2, 0.25) is 0 Å². The van der Waals surface area contributed by atoms with Crippen LogP contribution in [0.15, 0.2) is 0 Å². The van der Waals surface area contributed by atoms with Crippen molar-refractivity contribution in [1.82, 2.24) is 0 Å². The van der Waals surface area contributed by atoms with Gasteiger partial charge in [-0.1, -0.05) is 48.5 Å². The van der Waals surface area contributed by atoms with Crippen LogP contribution >= 0.6 is 0 Å². The van der Waals surface area contributed by atoms with Gasteiger partial charge in [0.1, 0.15) is 0 Å². The van der Waals surface area contributed by atoms with Gasteiger partial charge < -0.3 is 0 Å². The molecule has 4 bridgehead atoms. The highest BCUT2D eigenvalue weighted by atomic mass is 14.7. The van der Waals surface area contributed by atoms with Crippen LogP contribution in [0, 0.1) is 46.8 Å². The van der Waals surface area contributed by atoms with Crippen molar-refractivity contribution in [3.63, 3.8) is 0 Å². The maximum Gasteiger partial charge on any atom is -0.0269 e. The molecule has 0 heteroatoms. The summed E-state index contributed by atoms with van der Waals surface area (Å²) in [5, 5.41) is 0. The largest absolute Gasteiger partial charge is 0.0683 e. The van der Waals surface area contributed by atoms with Crippen LogP contribution in [0.25, 0.3) is 0 Å². The van der Waals surface area contributed by atoms with Crippen molar-refractivity contribution in [2.45, 2.75) is 80.6 Å². The zero-order valence-electron chi connectivity index (χ0n) is 15.1. The lowest BCUT2D eigenvalue weighted by atomic mass is 9.58. The third kappa shape index (κ3) is 2.08. The summed E-state index contributed by atoms with van der Waals surface area (Å²) in [7, 11) is 0. The summed E-state index contributed by atoms with van der Waals surface area (Å²) < 4.78 is 0. The fraction of sp³-hybridized carbons (Fsp3) is 1.00. The number of hydrogen-bond donors (Lipinski definition) is 0. The molecule has 0 aromatic rings. The minimum absolute atomic E-state index is 0.705. The molecule has 4 aliphatic rings. The van der Waals surface area contributed by atoms with Gasteiger partial charge in [0, 0.05) is 0 Å². The van der Waals surface area contributed by atoms with Crippen LogP contribution in [0.4, 0.5) is 0 Å². The molecule has 0 aromatic carbocycles. The molecule has 0 aliphatic heterocycles. The summed E-state index contributed by atoms with van der Waals surface area (Å²) in [6.45, 7) is 15.6. The Balaban J connectivity index is 0.000000340. The van der Waals surface area contributed by atoms with E-state index in [1.54, 1.807) is 32.1 Å². The predicted octanol–water partition coefficient (Wildman–Crippen LogP) is 6.40. The first-order valence-electron chi connectivity index (χ1n) is 9.61. The summed E-state index contributed by atoms with van der Waals surface area (Å²) >= 11 is 0. The smallest absolute Gasteiger partial charge is 0.0269 e. The highest BCUT2D eigenvalue weighted by molar-refractivity contribution is 5.14. The molecular formula is C20H38. The van der Waals surface area contributed by atoms with Crippen molar-refractivity contribution in [3.8, 4) is 0 Å². The molecule has 0 saturated heterocycles. The van der Waals surface area contributed by atoms with Gasteiger partial charge in [-0.25, -0.2) is 0 Å². The van der Waals surface area contributed by atoms with Crippen LogP contribution in [0.3, 0.4) is 0 Å². The molecule has 0 N–H and O–H groups in total. The normalized spacial score (nSPS) is 50.4. The average Bonchev–Trinajstić information content (AvgIpc) is 3.20. The molecule has 0 radical (unpaired) electrons. The lowest BCUT2D eigenvalue weighted by Crippen LogP contribution is -2.41. The van der Waals surface area contributed by atoms with E-state index in [2.05, 4.69) is 20.8 Å². The number of hydrogen-bond acceptors (Lipinski definition) is 0. The standard InChI is InChI=1S/C16H26.2C2H6/c1-9(2)16(3)8-12-7-13(16)15-11-5-4-10(6-11)14(12)15;2*1-2/h9-15H,4-8H2,1-3H3;2*1-2H3. The highest BCUT2D eigenvalue weighted by Crippen LogP contribution is 2.72. The zero-order chi connectivity index (χ0) is 15.1. The maximum atomic E-state index is 2.62. The van der Waals surface area contributed by atoms with Crippen molar-refractivity contribution in [3.05, 3.63) is 0 Å². The zero-order valence-corrected chi connectivity index (χ0v) is 15.1. The van der Waals surface area contributed by atoms with Gasteiger partial charge in [-0.15, -0.1) is 0 Å². The summed E-state index contributed by atoms with van der Waals surface area (Å²) in [4.78, 5) is 0. The highest BCUT2D eigenvalue weighted by Gasteiger charge is 2.65. The molecule has 7 atom stereocenters. The molecule has 0 amide bonds. The van der Waals surface area contributed by atoms with Crippen LogP contribution in [0.1, 0.15) is 80.6 Å². The van der Waals surface area contributed by atoms with E-state index in [1.807, 2.05) is 27.7 Å². The van der Waals surface area contributed by atoms with Crippen LogP contribution < -0.4 is 0 Å². The molecule has 0 aromatic heterocycles. The second-order valence-electron chi connectivity index (χ2n) is 7.95. The molecule has 4 fully saturated rings. The van der Waals surface area contributed by atoms with Gasteiger partial charge in [0.25, 0.3) is 0 Å². The first kappa shape index (κ1) is 16.4. The minimum Gasteiger partial charge on any atom is -0.0683 e. The maximum absolute atomic E-state index is 2.62. The van der Waals surface area contributed by atoms with Gasteiger partial charge in [0.2, 0.25) is 0 Å². The first-order valence-corrected chi connectivity index (χ1v) is 9.61. The Morgan fingerprint density at radius 2 is 1.35 bits per heavy atom. The van der Waals surface area contributed by atoms with Crippen LogP contribution in [-0.4, -0.2) is 0 Å². The summed E-state index contributed by atoms with van der Waals surface area (Å²) in [5.74, 6) is 7.84. The van der Waals surface area contributed by atoms with Crippen molar-refractivity contribution in [1.29, 1.82) is 0 Å². The Labute approximate surface area is 128 Å². The fourth-order valence-corrected chi connectivity index (χ4v) is 6.63. The molecule has 118 valence electrons. The van der Waals surface area contributed by atoms with Gasteiger partial charge in [-0.2, -0.15) is 0 Å². The van der Waals surface area contributed by atoms with E-state index in [0.29, 0.717) is 5.41 Å². The van der Waals surface area contributed by atoms with E-state index in [1.165, 1.54) is 17.8 Å². The van der Waals surface area contributed by atoms with E-state index >= 15 is 0 Å². The molecule has 0 spiro atoms. The second kappa shape index (κ2) is 6.01. The predicted molar refractivity (Wildman–Crippen MR) is 89.7 cm³/mol. The van der Waals surface area contributed by atoms with Crippen molar-refractivity contribution in [2.24, 2.45) is 46.8 Å². The fourth-order valence-electron chi connectivity index (χ4n) is 6.63. The monoisotopic (exact) mass is 278 g/mol. The lowest BCUT2D eigenvalue weighted by Gasteiger charge is -2.47. The molecular weight excluding hydrogens is 240 g/mol. The molecule has 0 heterocycles. The molecule has 7 unspecified atom stereocenters. The van der Waals surface area contributed by atoms with Crippen molar-refractivity contribution in [2.75, 3.05) is 0 Å². The van der Waals surface area contributed by atoms with Crippen LogP contribution in [0.5, 0.6) is 0 Å². The van der Waals surface area contributed by atoms with E-state index < -0.39 is 0 Å². The lowest BCUT2D eigenvalue weighted by molar-refractivity contribution is 0.0145. The second-order valence-corrected chi connectivity index (χ2v) is 7.95. The Kier molecular flexibility index (Phi) is 4.92. The summed E-state index contributed by atoms with van der Waals surface area (Å²) in [5.41, 5.74) is 0.705. The van der Waals surface area contributed by atoms with Gasteiger partial charge in [-0.3, -0.25) is 0 Å². The number of rotatable bonds is 1. The summed E-state index contributed by atoms with van der Waals surface area (Å²) in [6.07, 6.45) is 7.98. The average molecular weight is 279 g/mol. The van der Waals surface area contributed by atoms with Gasteiger partial charge in [0.05, 0.1) is 0 Å². The topological polar surface area (TPSA) is 0 Å². The molecule has 20 heavy (non-hydrogen) atoms. The van der Waals surface area contributed by atoms with E-state index in [9.17, 15) is 0 Å².